The van der Waals surface area contributed by atoms with Crippen LogP contribution in [0.25, 0.3) is 0 Å². The number of nitrogens with zero attached hydrogens (tertiary/aromatic N) is 2. The van der Waals surface area contributed by atoms with E-state index in [1.165, 1.54) is 11.3 Å². The third-order valence-corrected chi connectivity index (χ3v) is 5.64. The highest BCUT2D eigenvalue weighted by molar-refractivity contribution is 7.09. The highest BCUT2D eigenvalue weighted by Crippen LogP contribution is 2.31. The standard InChI is InChI=1S/C18H18N2O4S/c21-17(14-10-25-16(19-14)15-2-1-7-24-15)20-6-5-11-3-4-12(18(22)23)8-13(11)9-20/h3-4,8,10,15H,1-2,5-7,9H2,(H,22,23). The molecule has 1 amide bonds. The van der Waals surface area contributed by atoms with Crippen molar-refractivity contribution in [3.63, 3.8) is 0 Å². The number of hydrogen-bond acceptors (Lipinski definition) is 5. The summed E-state index contributed by atoms with van der Waals surface area (Å²) in [6.45, 7) is 1.79. The molecule has 1 saturated heterocycles. The lowest BCUT2D eigenvalue weighted by Gasteiger charge is -2.28. The maximum Gasteiger partial charge on any atom is 0.335 e. The lowest BCUT2D eigenvalue weighted by molar-refractivity contribution is 0.0696. The Kier molecular flexibility index (Phi) is 4.27. The van der Waals surface area contributed by atoms with Crippen LogP contribution in [0.5, 0.6) is 0 Å². The molecule has 1 fully saturated rings. The average molecular weight is 358 g/mol. The monoisotopic (exact) mass is 358 g/mol. The first kappa shape index (κ1) is 16.2. The molecule has 0 spiro atoms. The van der Waals surface area contributed by atoms with E-state index >= 15 is 0 Å². The third kappa shape index (κ3) is 3.17. The molecular formula is C18H18N2O4S. The van der Waals surface area contributed by atoms with Gasteiger partial charge in [0.15, 0.2) is 0 Å². The molecule has 0 aliphatic carbocycles. The van der Waals surface area contributed by atoms with E-state index in [-0.39, 0.29) is 17.6 Å². The van der Waals surface area contributed by atoms with Gasteiger partial charge in [-0.3, -0.25) is 4.79 Å². The number of aromatic nitrogens is 1. The summed E-state index contributed by atoms with van der Waals surface area (Å²) >= 11 is 1.47. The number of hydrogen-bond donors (Lipinski definition) is 1. The molecule has 4 rings (SSSR count). The van der Waals surface area contributed by atoms with E-state index in [1.807, 2.05) is 6.07 Å². The lowest BCUT2D eigenvalue weighted by atomic mass is 9.97. The smallest absolute Gasteiger partial charge is 0.335 e. The highest BCUT2D eigenvalue weighted by atomic mass is 32.1. The Morgan fingerprint density at radius 1 is 1.32 bits per heavy atom. The van der Waals surface area contributed by atoms with Crippen LogP contribution in [0.3, 0.4) is 0 Å². The molecule has 3 heterocycles. The molecule has 7 heteroatoms. The highest BCUT2D eigenvalue weighted by Gasteiger charge is 2.26. The molecular weight excluding hydrogens is 340 g/mol. The number of carboxylic acids is 1. The van der Waals surface area contributed by atoms with Gasteiger partial charge in [0.2, 0.25) is 0 Å². The van der Waals surface area contributed by atoms with Crippen LogP contribution in [-0.2, 0) is 17.7 Å². The predicted octanol–water partition coefficient (Wildman–Crippen LogP) is 2.89. The molecule has 0 radical (unpaired) electrons. The summed E-state index contributed by atoms with van der Waals surface area (Å²) in [7, 11) is 0. The first-order valence-corrected chi connectivity index (χ1v) is 9.21. The minimum Gasteiger partial charge on any atom is -0.478 e. The average Bonchev–Trinajstić information content (AvgIpc) is 3.31. The molecule has 1 aromatic heterocycles. The Morgan fingerprint density at radius 3 is 2.96 bits per heavy atom. The van der Waals surface area contributed by atoms with Crippen LogP contribution >= 0.6 is 11.3 Å². The van der Waals surface area contributed by atoms with Crippen molar-refractivity contribution in [2.75, 3.05) is 13.2 Å². The summed E-state index contributed by atoms with van der Waals surface area (Å²) < 4.78 is 5.63. The van der Waals surface area contributed by atoms with Gasteiger partial charge in [0.25, 0.3) is 5.91 Å². The first-order valence-electron chi connectivity index (χ1n) is 8.33. The predicted molar refractivity (Wildman–Crippen MR) is 91.9 cm³/mol. The van der Waals surface area contributed by atoms with Crippen LogP contribution in [0.2, 0.25) is 0 Å². The van der Waals surface area contributed by atoms with Crippen molar-refractivity contribution in [3.05, 3.63) is 51.0 Å². The van der Waals surface area contributed by atoms with Crippen molar-refractivity contribution >= 4 is 23.2 Å². The molecule has 1 atom stereocenters. The number of rotatable bonds is 3. The molecule has 0 saturated carbocycles. The van der Waals surface area contributed by atoms with Gasteiger partial charge in [0.05, 0.1) is 5.56 Å². The maximum absolute atomic E-state index is 12.8. The zero-order valence-electron chi connectivity index (χ0n) is 13.6. The van der Waals surface area contributed by atoms with Gasteiger partial charge in [-0.2, -0.15) is 0 Å². The van der Waals surface area contributed by atoms with Crippen LogP contribution in [0.15, 0.2) is 23.6 Å². The van der Waals surface area contributed by atoms with E-state index in [1.54, 1.807) is 22.4 Å². The van der Waals surface area contributed by atoms with Crippen molar-refractivity contribution in [2.45, 2.75) is 31.9 Å². The molecule has 2 aliphatic rings. The fraction of sp³-hybridized carbons (Fsp3) is 0.389. The lowest BCUT2D eigenvalue weighted by Crippen LogP contribution is -2.36. The SMILES string of the molecule is O=C(O)c1ccc2c(c1)CN(C(=O)c1csc(C3CCCO3)n1)CC2. The number of benzene rings is 1. The van der Waals surface area contributed by atoms with Gasteiger partial charge in [-0.25, -0.2) is 9.78 Å². The van der Waals surface area contributed by atoms with Gasteiger partial charge < -0.3 is 14.7 Å². The summed E-state index contributed by atoms with van der Waals surface area (Å²) in [5.41, 5.74) is 2.71. The Morgan fingerprint density at radius 2 is 2.20 bits per heavy atom. The van der Waals surface area contributed by atoms with Crippen LogP contribution < -0.4 is 0 Å². The van der Waals surface area contributed by atoms with E-state index in [0.29, 0.717) is 18.8 Å². The van der Waals surface area contributed by atoms with Crippen molar-refractivity contribution < 1.29 is 19.4 Å². The number of amides is 1. The quantitative estimate of drug-likeness (QED) is 0.913. The second-order valence-electron chi connectivity index (χ2n) is 6.34. The summed E-state index contributed by atoms with van der Waals surface area (Å²) in [5, 5.41) is 11.8. The van der Waals surface area contributed by atoms with E-state index in [9.17, 15) is 9.59 Å². The van der Waals surface area contributed by atoms with Crippen molar-refractivity contribution in [2.24, 2.45) is 0 Å². The summed E-state index contributed by atoms with van der Waals surface area (Å²) in [6, 6.07) is 5.13. The van der Waals surface area contributed by atoms with Crippen LogP contribution in [0.1, 0.15) is 55.9 Å². The molecule has 130 valence electrons. The topological polar surface area (TPSA) is 79.7 Å². The molecule has 2 aliphatic heterocycles. The molecule has 0 bridgehead atoms. The normalized spacial score (nSPS) is 19.7. The number of aromatic carboxylic acids is 1. The first-order chi connectivity index (χ1) is 12.1. The van der Waals surface area contributed by atoms with Gasteiger partial charge >= 0.3 is 5.97 Å². The van der Waals surface area contributed by atoms with Crippen molar-refractivity contribution in [1.29, 1.82) is 0 Å². The molecule has 1 aromatic carbocycles. The van der Waals surface area contributed by atoms with E-state index in [2.05, 4.69) is 4.98 Å². The Hall–Kier alpha value is -2.25. The largest absolute Gasteiger partial charge is 0.478 e. The maximum atomic E-state index is 12.8. The number of carboxylic acid groups (broad SMARTS) is 1. The number of ether oxygens (including phenoxy) is 1. The van der Waals surface area contributed by atoms with Crippen LogP contribution in [0.4, 0.5) is 0 Å². The summed E-state index contributed by atoms with van der Waals surface area (Å²) in [5.74, 6) is -1.06. The Labute approximate surface area is 149 Å². The van der Waals surface area contributed by atoms with Gasteiger partial charge in [-0.05, 0) is 42.5 Å². The molecule has 6 nitrogen and oxygen atoms in total. The number of carbonyl (C=O) groups excluding carboxylic acids is 1. The van der Waals surface area contributed by atoms with Crippen LogP contribution in [0, 0.1) is 0 Å². The molecule has 25 heavy (non-hydrogen) atoms. The van der Waals surface area contributed by atoms with Gasteiger partial charge in [-0.15, -0.1) is 11.3 Å². The second kappa shape index (κ2) is 6.57. The second-order valence-corrected chi connectivity index (χ2v) is 7.23. The zero-order valence-corrected chi connectivity index (χ0v) is 14.4. The molecule has 1 unspecified atom stereocenters. The van der Waals surface area contributed by atoms with E-state index in [0.717, 1.165) is 42.0 Å². The summed E-state index contributed by atoms with van der Waals surface area (Å²) in [6.07, 6.45) is 2.73. The number of fused-ring (bicyclic) bond motifs is 1. The summed E-state index contributed by atoms with van der Waals surface area (Å²) in [4.78, 5) is 30.1. The Bertz CT molecular complexity index is 826. The van der Waals surface area contributed by atoms with Crippen molar-refractivity contribution in [3.8, 4) is 0 Å². The number of carbonyl (C=O) groups is 2. The fourth-order valence-corrected chi connectivity index (χ4v) is 4.21. The molecule has 1 N–H and O–H groups in total. The zero-order chi connectivity index (χ0) is 17.4. The minimum absolute atomic E-state index is 0.0201. The Balaban J connectivity index is 1.51. The van der Waals surface area contributed by atoms with E-state index in [4.69, 9.17) is 9.84 Å². The fourth-order valence-electron chi connectivity index (χ4n) is 3.33. The van der Waals surface area contributed by atoms with Crippen molar-refractivity contribution in [1.82, 2.24) is 9.88 Å². The van der Waals surface area contributed by atoms with E-state index < -0.39 is 5.97 Å². The molecule has 2 aromatic rings. The number of thiazole rings is 1. The van der Waals surface area contributed by atoms with Gasteiger partial charge in [-0.1, -0.05) is 6.07 Å². The third-order valence-electron chi connectivity index (χ3n) is 4.70. The minimum atomic E-state index is -0.952. The van der Waals surface area contributed by atoms with Gasteiger partial charge in [0.1, 0.15) is 16.8 Å². The van der Waals surface area contributed by atoms with Gasteiger partial charge in [0, 0.05) is 25.1 Å². The van der Waals surface area contributed by atoms with Crippen LogP contribution in [-0.4, -0.2) is 40.0 Å².